The summed E-state index contributed by atoms with van der Waals surface area (Å²) in [6, 6.07) is 9.81. The Morgan fingerprint density at radius 3 is 2.49 bits per heavy atom. The number of likely N-dealkylation sites (N-methyl/N-ethyl adjacent to an activating group) is 1. The number of sulfonamides is 1. The normalized spacial score (nSPS) is 16.9. The number of carboxylic acids is 1. The average Bonchev–Trinajstić information content (AvgIpc) is 3.37. The van der Waals surface area contributed by atoms with Gasteiger partial charge in [-0.05, 0) is 81.0 Å². The van der Waals surface area contributed by atoms with Gasteiger partial charge in [-0.3, -0.25) is 4.79 Å². The molecule has 1 aliphatic rings. The van der Waals surface area contributed by atoms with Crippen LogP contribution in [-0.4, -0.2) is 63.3 Å². The number of benzene rings is 2. The van der Waals surface area contributed by atoms with Gasteiger partial charge in [0.2, 0.25) is 10.0 Å². The molecule has 1 aromatic heterocycles. The van der Waals surface area contributed by atoms with Crippen LogP contribution in [0, 0.1) is 13.8 Å². The van der Waals surface area contributed by atoms with Gasteiger partial charge in [-0.25, -0.2) is 13.1 Å². The molecule has 0 saturated carbocycles. The van der Waals surface area contributed by atoms with Crippen LogP contribution in [0.1, 0.15) is 74.3 Å². The van der Waals surface area contributed by atoms with Crippen LogP contribution in [0.4, 0.5) is 0 Å². The molecule has 230 valence electrons. The molecule has 0 saturated heterocycles. The first-order valence-corrected chi connectivity index (χ1v) is 16.4. The van der Waals surface area contributed by atoms with Crippen molar-refractivity contribution < 1.29 is 18.3 Å². The highest BCUT2D eigenvalue weighted by Gasteiger charge is 2.32. The summed E-state index contributed by atoms with van der Waals surface area (Å²) < 4.78 is 31.5. The average molecular weight is 606 g/mol. The van der Waals surface area contributed by atoms with Crippen molar-refractivity contribution in [2.75, 3.05) is 19.6 Å². The molecule has 1 aliphatic heterocycles. The lowest BCUT2D eigenvalue weighted by Gasteiger charge is -2.24. The smallest absolute Gasteiger partial charge is 0.304 e. The zero-order valence-electron chi connectivity index (χ0n) is 26.0. The number of rotatable bonds is 11. The number of hydrogen-bond donors (Lipinski definition) is 1. The molecule has 0 radical (unpaired) electrons. The molecule has 0 spiro atoms. The molecule has 0 bridgehead atoms. The molecular weight excluding hydrogens is 562 g/mol. The van der Waals surface area contributed by atoms with Crippen LogP contribution in [0.2, 0.25) is 0 Å². The van der Waals surface area contributed by atoms with Gasteiger partial charge >= 0.3 is 5.97 Å². The number of allylic oxidation sites excluding steroid dienone is 5. The number of aromatic nitrogens is 3. The van der Waals surface area contributed by atoms with Crippen LogP contribution in [0.5, 0.6) is 0 Å². The molecule has 3 aromatic rings. The number of carbonyl (C=O) groups is 1. The topological polar surface area (TPSA) is 109 Å². The molecule has 1 N–H and O–H groups in total. The van der Waals surface area contributed by atoms with Gasteiger partial charge in [-0.15, -0.1) is 5.10 Å². The van der Waals surface area contributed by atoms with Gasteiger partial charge < -0.3 is 10.0 Å². The van der Waals surface area contributed by atoms with E-state index in [2.05, 4.69) is 15.2 Å². The maximum absolute atomic E-state index is 14.0. The lowest BCUT2D eigenvalue weighted by molar-refractivity contribution is -0.137. The minimum atomic E-state index is -3.79. The Balaban J connectivity index is 1.75. The molecular formula is C33H43N5O4S. The second kappa shape index (κ2) is 13.7. The monoisotopic (exact) mass is 605 g/mol. The Morgan fingerprint density at radius 1 is 1.05 bits per heavy atom. The maximum Gasteiger partial charge on any atom is 0.304 e. The van der Waals surface area contributed by atoms with Crippen LogP contribution in [-0.2, 0) is 27.9 Å². The van der Waals surface area contributed by atoms with E-state index in [9.17, 15) is 18.3 Å². The van der Waals surface area contributed by atoms with Crippen molar-refractivity contribution in [1.29, 1.82) is 0 Å². The van der Waals surface area contributed by atoms with Crippen LogP contribution < -0.4 is 0 Å². The Kier molecular flexibility index (Phi) is 10.2. The second-order valence-electron chi connectivity index (χ2n) is 11.0. The first kappa shape index (κ1) is 32.2. The van der Waals surface area contributed by atoms with E-state index < -0.39 is 21.9 Å². The summed E-state index contributed by atoms with van der Waals surface area (Å²) in [4.78, 5) is 14.5. The number of carboxylic acid groups (broad SMARTS) is 1. The highest BCUT2D eigenvalue weighted by atomic mass is 32.2. The Labute approximate surface area is 255 Å². The molecule has 1 unspecified atom stereocenters. The molecule has 2 heterocycles. The van der Waals surface area contributed by atoms with E-state index in [1.807, 2.05) is 88.7 Å². The van der Waals surface area contributed by atoms with E-state index in [0.29, 0.717) is 31.1 Å². The summed E-state index contributed by atoms with van der Waals surface area (Å²) >= 11 is 0. The van der Waals surface area contributed by atoms with Gasteiger partial charge in [0.15, 0.2) is 0 Å². The Morgan fingerprint density at radius 2 is 1.81 bits per heavy atom. The molecule has 0 fully saturated rings. The number of aliphatic carboxylic acids is 1. The molecule has 4 rings (SSSR count). The van der Waals surface area contributed by atoms with Crippen molar-refractivity contribution in [1.82, 2.24) is 24.2 Å². The standard InChI is InChI=1S/C33H43N5O4S/c1-7-10-11-12-13-31-25(6)36(8-2)18-19-37(43(31,41)42)22-27-20-26(15-14-23(27)4)29(21-32(39)40)28-16-17-30-33(24(28)5)34-35-38(30)9-3/h10-17,20,29H,7-9,18-19,21-22H2,1-6H3,(H,39,40). The minimum absolute atomic E-state index is 0.105. The molecule has 9 nitrogen and oxygen atoms in total. The molecule has 0 aliphatic carbocycles. The van der Waals surface area contributed by atoms with E-state index in [-0.39, 0.29) is 13.0 Å². The van der Waals surface area contributed by atoms with Gasteiger partial charge in [0, 0.05) is 44.3 Å². The van der Waals surface area contributed by atoms with Crippen molar-refractivity contribution in [3.8, 4) is 0 Å². The minimum Gasteiger partial charge on any atom is -0.481 e. The summed E-state index contributed by atoms with van der Waals surface area (Å²) in [6.45, 7) is 14.4. The lowest BCUT2D eigenvalue weighted by Crippen LogP contribution is -2.34. The summed E-state index contributed by atoms with van der Waals surface area (Å²) in [6.07, 6.45) is 8.10. The quantitative estimate of drug-likeness (QED) is 0.271. The van der Waals surface area contributed by atoms with Crippen LogP contribution in [0.25, 0.3) is 11.0 Å². The lowest BCUT2D eigenvalue weighted by atomic mass is 9.84. The van der Waals surface area contributed by atoms with Gasteiger partial charge in [0.1, 0.15) is 10.4 Å². The maximum atomic E-state index is 14.0. The van der Waals surface area contributed by atoms with Crippen molar-refractivity contribution >= 4 is 27.0 Å². The van der Waals surface area contributed by atoms with Crippen molar-refractivity contribution in [3.05, 3.63) is 93.1 Å². The number of fused-ring (bicyclic) bond motifs is 1. The van der Waals surface area contributed by atoms with Crippen LogP contribution in [0.15, 0.2) is 65.2 Å². The van der Waals surface area contributed by atoms with Crippen molar-refractivity contribution in [2.24, 2.45) is 0 Å². The number of aryl methyl sites for hydroxylation is 3. The summed E-state index contributed by atoms with van der Waals surface area (Å²) in [7, 11) is -3.79. The zero-order chi connectivity index (χ0) is 31.3. The summed E-state index contributed by atoms with van der Waals surface area (Å²) in [5, 5.41) is 18.5. The first-order chi connectivity index (χ1) is 20.5. The van der Waals surface area contributed by atoms with Gasteiger partial charge in [0.25, 0.3) is 0 Å². The fourth-order valence-electron chi connectivity index (χ4n) is 5.77. The Bertz CT molecular complexity index is 1690. The third-order valence-corrected chi connectivity index (χ3v) is 10.3. The summed E-state index contributed by atoms with van der Waals surface area (Å²) in [5.74, 6) is -1.34. The first-order valence-electron chi connectivity index (χ1n) is 15.0. The van der Waals surface area contributed by atoms with E-state index in [0.717, 1.165) is 51.0 Å². The van der Waals surface area contributed by atoms with E-state index in [1.165, 1.54) is 0 Å². The fourth-order valence-corrected chi connectivity index (χ4v) is 7.43. The molecule has 10 heteroatoms. The van der Waals surface area contributed by atoms with Gasteiger partial charge in [0.05, 0.1) is 11.9 Å². The number of nitrogens with zero attached hydrogens (tertiary/aromatic N) is 5. The van der Waals surface area contributed by atoms with Crippen LogP contribution in [0.3, 0.4) is 0 Å². The van der Waals surface area contributed by atoms with Crippen molar-refractivity contribution in [3.63, 3.8) is 0 Å². The third-order valence-electron chi connectivity index (χ3n) is 8.34. The van der Waals surface area contributed by atoms with Crippen LogP contribution >= 0.6 is 0 Å². The molecule has 2 aromatic carbocycles. The van der Waals surface area contributed by atoms with Gasteiger partial charge in [-0.2, -0.15) is 4.31 Å². The highest BCUT2D eigenvalue weighted by Crippen LogP contribution is 2.35. The Hall–Kier alpha value is -3.76. The predicted molar refractivity (Wildman–Crippen MR) is 171 cm³/mol. The molecule has 1 atom stereocenters. The highest BCUT2D eigenvalue weighted by molar-refractivity contribution is 7.93. The van der Waals surface area contributed by atoms with E-state index >= 15 is 0 Å². The fraction of sp³-hybridized carbons (Fsp3) is 0.424. The van der Waals surface area contributed by atoms with Crippen molar-refractivity contribution in [2.45, 2.75) is 73.4 Å². The largest absolute Gasteiger partial charge is 0.481 e. The van der Waals surface area contributed by atoms with Gasteiger partial charge in [-0.1, -0.05) is 54.6 Å². The SMILES string of the molecule is CCC=CC=CC1=C(C)N(CC)CCN(Cc2cc(C(CC(=O)O)c3ccc4c(nnn4CC)c3C)ccc2C)S1(=O)=O. The van der Waals surface area contributed by atoms with E-state index in [4.69, 9.17) is 0 Å². The zero-order valence-corrected chi connectivity index (χ0v) is 26.9. The molecule has 0 amide bonds. The second-order valence-corrected chi connectivity index (χ2v) is 12.9. The molecule has 43 heavy (non-hydrogen) atoms. The third kappa shape index (κ3) is 6.75. The number of hydrogen-bond acceptors (Lipinski definition) is 6. The predicted octanol–water partition coefficient (Wildman–Crippen LogP) is 5.90. The van der Waals surface area contributed by atoms with E-state index in [1.54, 1.807) is 16.5 Å². The summed E-state index contributed by atoms with van der Waals surface area (Å²) in [5.41, 5.74) is 6.81.